The maximum Gasteiger partial charge on any atom is 0.325 e. The van der Waals surface area contributed by atoms with Gasteiger partial charge >= 0.3 is 6.03 Å². The Kier molecular flexibility index (Phi) is 2.97. The number of amides is 3. The summed E-state index contributed by atoms with van der Waals surface area (Å²) in [6, 6.07) is -0.659. The lowest BCUT2D eigenvalue weighted by Gasteiger charge is -2.23. The second-order valence-corrected chi connectivity index (χ2v) is 3.48. The number of imide groups is 1. The predicted octanol–water partition coefficient (Wildman–Crippen LogP) is -1.15. The molecule has 1 fully saturated rings. The Bertz CT molecular complexity index is 309. The highest BCUT2D eigenvalue weighted by Gasteiger charge is 2.48. The molecule has 3 amide bonds. The number of carboxylic acid groups (broad SMARTS) is 1. The number of carboxylic acids is 1. The van der Waals surface area contributed by atoms with Crippen LogP contribution in [0.5, 0.6) is 0 Å². The normalized spacial score (nSPS) is 19.2. The van der Waals surface area contributed by atoms with E-state index in [-0.39, 0.29) is 0 Å². The summed E-state index contributed by atoms with van der Waals surface area (Å²) in [4.78, 5) is 34.2. The molecule has 6 heteroatoms. The van der Waals surface area contributed by atoms with Crippen LogP contribution in [0.25, 0.3) is 0 Å². The molecule has 1 saturated heterocycles. The third-order valence-corrected chi connectivity index (χ3v) is 2.74. The van der Waals surface area contributed by atoms with Gasteiger partial charge in [-0.05, 0) is 12.8 Å². The molecule has 1 aliphatic heterocycles. The third-order valence-electron chi connectivity index (χ3n) is 2.74. The molecule has 1 rings (SSSR count). The van der Waals surface area contributed by atoms with Crippen molar-refractivity contribution in [1.29, 1.82) is 0 Å². The fourth-order valence-corrected chi connectivity index (χ4v) is 1.68. The largest absolute Gasteiger partial charge is 0.548 e. The van der Waals surface area contributed by atoms with Crippen molar-refractivity contribution < 1.29 is 19.5 Å². The molecule has 1 heterocycles. The summed E-state index contributed by atoms with van der Waals surface area (Å²) in [5, 5.41) is 12.9. The monoisotopic (exact) mass is 213 g/mol. The minimum atomic E-state index is -1.44. The van der Waals surface area contributed by atoms with Crippen LogP contribution in [0.1, 0.15) is 26.7 Å². The van der Waals surface area contributed by atoms with Crippen LogP contribution in [-0.4, -0.2) is 34.9 Å². The van der Waals surface area contributed by atoms with Gasteiger partial charge in [-0.25, -0.2) is 4.79 Å². The van der Waals surface area contributed by atoms with Crippen molar-refractivity contribution >= 4 is 17.9 Å². The van der Waals surface area contributed by atoms with E-state index in [1.54, 1.807) is 13.8 Å². The first-order chi connectivity index (χ1) is 6.96. The van der Waals surface area contributed by atoms with Gasteiger partial charge in [0.1, 0.15) is 5.54 Å². The van der Waals surface area contributed by atoms with Gasteiger partial charge < -0.3 is 15.2 Å². The Balaban J connectivity index is 2.91. The van der Waals surface area contributed by atoms with Gasteiger partial charge in [-0.3, -0.25) is 9.69 Å². The molecule has 0 aromatic heterocycles. The second-order valence-electron chi connectivity index (χ2n) is 3.48. The van der Waals surface area contributed by atoms with Gasteiger partial charge in [-0.2, -0.15) is 0 Å². The van der Waals surface area contributed by atoms with Crippen molar-refractivity contribution in [3.8, 4) is 0 Å². The highest BCUT2D eigenvalue weighted by Crippen LogP contribution is 2.24. The molecule has 0 spiro atoms. The fourth-order valence-electron chi connectivity index (χ4n) is 1.68. The number of hydrogen-bond acceptors (Lipinski definition) is 4. The molecule has 0 aliphatic carbocycles. The summed E-state index contributed by atoms with van der Waals surface area (Å²) >= 11 is 0. The average Bonchev–Trinajstić information content (AvgIpc) is 2.42. The molecule has 0 atom stereocenters. The van der Waals surface area contributed by atoms with Crippen molar-refractivity contribution in [2.24, 2.45) is 0 Å². The summed E-state index contributed by atoms with van der Waals surface area (Å²) in [5.41, 5.74) is -0.938. The summed E-state index contributed by atoms with van der Waals surface area (Å²) in [7, 11) is 0. The van der Waals surface area contributed by atoms with Crippen molar-refractivity contribution in [3.05, 3.63) is 0 Å². The van der Waals surface area contributed by atoms with Gasteiger partial charge in [0.05, 0.1) is 12.5 Å². The van der Waals surface area contributed by atoms with Crippen LogP contribution in [-0.2, 0) is 9.59 Å². The molecule has 6 nitrogen and oxygen atoms in total. The van der Waals surface area contributed by atoms with Crippen LogP contribution in [0.3, 0.4) is 0 Å². The molecular formula is C9H13N2O4-. The first-order valence-corrected chi connectivity index (χ1v) is 4.80. The Morgan fingerprint density at radius 3 is 2.27 bits per heavy atom. The summed E-state index contributed by atoms with van der Waals surface area (Å²) < 4.78 is 0. The number of rotatable bonds is 4. The van der Waals surface area contributed by atoms with Crippen LogP contribution >= 0.6 is 0 Å². The number of nitrogens with one attached hydrogen (secondary N) is 1. The maximum atomic E-state index is 11.8. The zero-order valence-corrected chi connectivity index (χ0v) is 8.70. The lowest BCUT2D eigenvalue weighted by Crippen LogP contribution is -2.46. The molecular weight excluding hydrogens is 200 g/mol. The van der Waals surface area contributed by atoms with Gasteiger partial charge in [-0.15, -0.1) is 0 Å². The Morgan fingerprint density at radius 2 is 1.93 bits per heavy atom. The highest BCUT2D eigenvalue weighted by molar-refractivity contribution is 6.08. The smallest absolute Gasteiger partial charge is 0.325 e. The minimum Gasteiger partial charge on any atom is -0.548 e. The van der Waals surface area contributed by atoms with Gasteiger partial charge in [0.15, 0.2) is 0 Å². The molecule has 84 valence electrons. The fraction of sp³-hybridized carbons (Fsp3) is 0.667. The average molecular weight is 213 g/mol. The first-order valence-electron chi connectivity index (χ1n) is 4.80. The molecule has 15 heavy (non-hydrogen) atoms. The predicted molar refractivity (Wildman–Crippen MR) is 48.6 cm³/mol. The van der Waals surface area contributed by atoms with Gasteiger partial charge in [0.2, 0.25) is 0 Å². The number of urea groups is 1. The van der Waals surface area contributed by atoms with Crippen molar-refractivity contribution in [2.45, 2.75) is 32.2 Å². The number of nitrogens with zero attached hydrogens (tertiary/aromatic N) is 1. The molecule has 0 radical (unpaired) electrons. The van der Waals surface area contributed by atoms with E-state index in [0.29, 0.717) is 17.7 Å². The summed E-state index contributed by atoms with van der Waals surface area (Å²) in [5.74, 6) is -1.93. The Labute approximate surface area is 87.2 Å². The van der Waals surface area contributed by atoms with E-state index in [1.165, 1.54) is 0 Å². The van der Waals surface area contributed by atoms with Crippen LogP contribution in [0.2, 0.25) is 0 Å². The van der Waals surface area contributed by atoms with E-state index in [9.17, 15) is 19.5 Å². The van der Waals surface area contributed by atoms with Gasteiger partial charge in [0.25, 0.3) is 5.91 Å². The minimum absolute atomic E-state index is 0.442. The standard InChI is InChI=1S/C9H14N2O4/c1-3-9(4-2)7(14)11(5-6(12)13)8(15)10-9/h3-5H2,1-2H3,(H,10,15)(H,12,13)/p-1. The van der Waals surface area contributed by atoms with Crippen LogP contribution in [0.4, 0.5) is 4.79 Å². The summed E-state index contributed by atoms with van der Waals surface area (Å²) in [6.45, 7) is 2.85. The zero-order chi connectivity index (χ0) is 11.6. The molecule has 0 aromatic rings. The van der Waals surface area contributed by atoms with Gasteiger partial charge in [0, 0.05) is 0 Å². The summed E-state index contributed by atoms with van der Waals surface area (Å²) in [6.07, 6.45) is 0.884. The SMILES string of the molecule is CCC1(CC)NC(=O)N(CC(=O)[O-])C1=O. The number of carbonyl (C=O) groups is 3. The van der Waals surface area contributed by atoms with E-state index in [1.807, 2.05) is 0 Å². The molecule has 0 bridgehead atoms. The lowest BCUT2D eigenvalue weighted by molar-refractivity contribution is -0.305. The number of hydrogen-bond donors (Lipinski definition) is 1. The van der Waals surface area contributed by atoms with Crippen molar-refractivity contribution in [1.82, 2.24) is 10.2 Å². The highest BCUT2D eigenvalue weighted by atomic mass is 16.4. The second kappa shape index (κ2) is 3.88. The number of aliphatic carboxylic acids is 1. The van der Waals surface area contributed by atoms with Crippen molar-refractivity contribution in [3.63, 3.8) is 0 Å². The molecule has 1 N–H and O–H groups in total. The van der Waals surface area contributed by atoms with Gasteiger partial charge in [-0.1, -0.05) is 13.8 Å². The van der Waals surface area contributed by atoms with E-state index < -0.39 is 30.0 Å². The lowest BCUT2D eigenvalue weighted by atomic mass is 9.93. The maximum absolute atomic E-state index is 11.8. The van der Waals surface area contributed by atoms with Crippen molar-refractivity contribution in [2.75, 3.05) is 6.54 Å². The third kappa shape index (κ3) is 1.79. The van der Waals surface area contributed by atoms with E-state index in [2.05, 4.69) is 5.32 Å². The molecule has 0 saturated carbocycles. The quantitative estimate of drug-likeness (QED) is 0.597. The Hall–Kier alpha value is -1.59. The van der Waals surface area contributed by atoms with E-state index in [4.69, 9.17) is 0 Å². The van der Waals surface area contributed by atoms with E-state index >= 15 is 0 Å². The topological polar surface area (TPSA) is 89.5 Å². The Morgan fingerprint density at radius 1 is 1.40 bits per heavy atom. The van der Waals surface area contributed by atoms with Crippen LogP contribution < -0.4 is 10.4 Å². The number of carbonyl (C=O) groups excluding carboxylic acids is 3. The van der Waals surface area contributed by atoms with Crippen LogP contribution in [0, 0.1) is 0 Å². The molecule has 0 unspecified atom stereocenters. The van der Waals surface area contributed by atoms with Crippen LogP contribution in [0.15, 0.2) is 0 Å². The molecule has 0 aromatic carbocycles. The first kappa shape index (κ1) is 11.5. The zero-order valence-electron chi connectivity index (χ0n) is 8.70. The van der Waals surface area contributed by atoms with E-state index in [0.717, 1.165) is 0 Å². The molecule has 1 aliphatic rings.